The van der Waals surface area contributed by atoms with Crippen LogP contribution in [0.1, 0.15) is 0 Å². The van der Waals surface area contributed by atoms with Crippen LogP contribution in [-0.2, 0) is 9.53 Å². The highest BCUT2D eigenvalue weighted by Gasteiger charge is 1.90. The Labute approximate surface area is 73.7 Å². The second-order valence-electron chi connectivity index (χ2n) is 2.26. The summed E-state index contributed by atoms with van der Waals surface area (Å²) in [5.41, 5.74) is 0. The molecule has 0 aromatic heterocycles. The standard InChI is InChI=1S/C9H11O2P/c10-8-11-6-7-12-9-4-2-1-3-5-9/h1-5,8,12H,6-7H2. The van der Waals surface area contributed by atoms with Gasteiger partial charge >= 0.3 is 0 Å². The quantitative estimate of drug-likeness (QED) is 0.388. The van der Waals surface area contributed by atoms with Crippen LogP contribution in [0.4, 0.5) is 0 Å². The minimum atomic E-state index is 0.496. The second kappa shape index (κ2) is 5.73. The van der Waals surface area contributed by atoms with Crippen molar-refractivity contribution in [1.82, 2.24) is 0 Å². The Hall–Kier alpha value is -0.880. The van der Waals surface area contributed by atoms with Crippen molar-refractivity contribution in [3.8, 4) is 0 Å². The third kappa shape index (κ3) is 3.49. The van der Waals surface area contributed by atoms with E-state index < -0.39 is 0 Å². The van der Waals surface area contributed by atoms with Crippen LogP contribution in [-0.4, -0.2) is 19.2 Å². The number of hydrogen-bond donors (Lipinski definition) is 0. The molecule has 0 aliphatic heterocycles. The number of carbonyl (C=O) groups is 1. The van der Waals surface area contributed by atoms with Crippen molar-refractivity contribution in [2.75, 3.05) is 12.8 Å². The van der Waals surface area contributed by atoms with E-state index in [1.165, 1.54) is 5.30 Å². The van der Waals surface area contributed by atoms with Crippen LogP contribution in [0.5, 0.6) is 0 Å². The van der Waals surface area contributed by atoms with Crippen LogP contribution in [0.2, 0.25) is 0 Å². The third-order valence-electron chi connectivity index (χ3n) is 1.39. The highest BCUT2D eigenvalue weighted by atomic mass is 31.1. The third-order valence-corrected chi connectivity index (χ3v) is 2.59. The Morgan fingerprint density at radius 3 is 2.75 bits per heavy atom. The summed E-state index contributed by atoms with van der Waals surface area (Å²) in [5, 5.41) is 1.31. The van der Waals surface area contributed by atoms with Gasteiger partial charge in [0.2, 0.25) is 0 Å². The summed E-state index contributed by atoms with van der Waals surface area (Å²) >= 11 is 0. The molecule has 0 N–H and O–H groups in total. The Morgan fingerprint density at radius 2 is 2.08 bits per heavy atom. The van der Waals surface area contributed by atoms with E-state index in [4.69, 9.17) is 0 Å². The van der Waals surface area contributed by atoms with Crippen molar-refractivity contribution < 1.29 is 9.53 Å². The van der Waals surface area contributed by atoms with Crippen molar-refractivity contribution in [3.63, 3.8) is 0 Å². The second-order valence-corrected chi connectivity index (χ2v) is 3.69. The molecule has 0 aliphatic carbocycles. The monoisotopic (exact) mass is 182 g/mol. The van der Waals surface area contributed by atoms with Gasteiger partial charge in [0.15, 0.2) is 0 Å². The molecule has 0 fully saturated rings. The maximum Gasteiger partial charge on any atom is 0.293 e. The van der Waals surface area contributed by atoms with Gasteiger partial charge in [0, 0.05) is 6.16 Å². The average Bonchev–Trinajstić information content (AvgIpc) is 2.14. The topological polar surface area (TPSA) is 26.3 Å². The van der Waals surface area contributed by atoms with Gasteiger partial charge < -0.3 is 4.74 Å². The Kier molecular flexibility index (Phi) is 4.40. The summed E-state index contributed by atoms with van der Waals surface area (Å²) in [6, 6.07) is 10.2. The van der Waals surface area contributed by atoms with Crippen molar-refractivity contribution in [2.24, 2.45) is 0 Å². The Morgan fingerprint density at radius 1 is 1.33 bits per heavy atom. The van der Waals surface area contributed by atoms with Crippen molar-refractivity contribution in [1.29, 1.82) is 0 Å². The number of hydrogen-bond acceptors (Lipinski definition) is 2. The van der Waals surface area contributed by atoms with E-state index in [1.54, 1.807) is 0 Å². The molecule has 0 aliphatic rings. The van der Waals surface area contributed by atoms with E-state index in [1.807, 2.05) is 18.2 Å². The molecule has 3 heteroatoms. The molecular weight excluding hydrogens is 171 g/mol. The maximum absolute atomic E-state index is 9.80. The summed E-state index contributed by atoms with van der Waals surface area (Å²) in [6.45, 7) is 1.02. The Balaban J connectivity index is 2.20. The zero-order chi connectivity index (χ0) is 8.65. The number of benzene rings is 1. The van der Waals surface area contributed by atoms with Gasteiger partial charge in [0.25, 0.3) is 6.47 Å². The van der Waals surface area contributed by atoms with E-state index in [0.717, 1.165) is 14.7 Å². The van der Waals surface area contributed by atoms with Crippen LogP contribution in [0.15, 0.2) is 30.3 Å². The predicted molar refractivity (Wildman–Crippen MR) is 51.3 cm³/mol. The van der Waals surface area contributed by atoms with Gasteiger partial charge in [-0.05, 0) is 5.30 Å². The van der Waals surface area contributed by atoms with E-state index in [2.05, 4.69) is 16.9 Å². The molecule has 2 nitrogen and oxygen atoms in total. The number of ether oxygens (including phenoxy) is 1. The van der Waals surface area contributed by atoms with Crippen LogP contribution >= 0.6 is 8.58 Å². The van der Waals surface area contributed by atoms with Gasteiger partial charge in [-0.3, -0.25) is 4.79 Å². The fraction of sp³-hybridized carbons (Fsp3) is 0.222. The largest absolute Gasteiger partial charge is 0.468 e. The summed E-state index contributed by atoms with van der Waals surface area (Å²) in [7, 11) is 0.730. The van der Waals surface area contributed by atoms with E-state index in [0.29, 0.717) is 13.1 Å². The number of rotatable bonds is 5. The van der Waals surface area contributed by atoms with Gasteiger partial charge in [-0.1, -0.05) is 38.9 Å². The normalized spacial score (nSPS) is 10.3. The molecule has 0 saturated carbocycles. The van der Waals surface area contributed by atoms with Gasteiger partial charge in [-0.25, -0.2) is 0 Å². The van der Waals surface area contributed by atoms with Crippen molar-refractivity contribution in [2.45, 2.75) is 0 Å². The molecule has 0 bridgehead atoms. The van der Waals surface area contributed by atoms with Crippen LogP contribution in [0, 0.1) is 0 Å². The molecule has 0 saturated heterocycles. The van der Waals surface area contributed by atoms with E-state index in [9.17, 15) is 4.79 Å². The molecule has 1 rings (SSSR count). The molecular formula is C9H11O2P. The minimum Gasteiger partial charge on any atom is -0.468 e. The maximum atomic E-state index is 9.80. The van der Waals surface area contributed by atoms with Crippen molar-refractivity contribution >= 4 is 20.4 Å². The first-order chi connectivity index (χ1) is 5.93. The summed E-state index contributed by atoms with van der Waals surface area (Å²) in [4.78, 5) is 9.80. The smallest absolute Gasteiger partial charge is 0.293 e. The van der Waals surface area contributed by atoms with E-state index in [-0.39, 0.29) is 0 Å². The lowest BCUT2D eigenvalue weighted by molar-refractivity contribution is -0.128. The Bertz CT molecular complexity index is 223. The average molecular weight is 182 g/mol. The first kappa shape index (κ1) is 9.21. The molecule has 1 aromatic rings. The lowest BCUT2D eigenvalue weighted by atomic mass is 10.4. The van der Waals surface area contributed by atoms with Crippen molar-refractivity contribution in [3.05, 3.63) is 30.3 Å². The molecule has 0 heterocycles. The van der Waals surface area contributed by atoms with Crippen LogP contribution < -0.4 is 5.30 Å². The zero-order valence-electron chi connectivity index (χ0n) is 6.69. The SMILES string of the molecule is O=COCCPc1ccccc1. The first-order valence-corrected chi connectivity index (χ1v) is 4.98. The highest BCUT2D eigenvalue weighted by molar-refractivity contribution is 7.47. The fourth-order valence-corrected chi connectivity index (χ4v) is 1.80. The summed E-state index contributed by atoms with van der Waals surface area (Å²) in [5.74, 6) is 0. The van der Waals surface area contributed by atoms with Gasteiger partial charge in [0.05, 0.1) is 6.61 Å². The lowest BCUT2D eigenvalue weighted by Gasteiger charge is -1.99. The first-order valence-electron chi connectivity index (χ1n) is 3.77. The highest BCUT2D eigenvalue weighted by Crippen LogP contribution is 2.07. The predicted octanol–water partition coefficient (Wildman–Crippen LogP) is 1.16. The number of carbonyl (C=O) groups excluding carboxylic acids is 1. The summed E-state index contributed by atoms with van der Waals surface area (Å²) < 4.78 is 4.58. The molecule has 1 atom stereocenters. The van der Waals surface area contributed by atoms with Gasteiger partial charge in [0.1, 0.15) is 0 Å². The van der Waals surface area contributed by atoms with Crippen LogP contribution in [0.3, 0.4) is 0 Å². The zero-order valence-corrected chi connectivity index (χ0v) is 7.69. The molecule has 1 unspecified atom stereocenters. The molecule has 12 heavy (non-hydrogen) atoms. The molecule has 0 amide bonds. The van der Waals surface area contributed by atoms with Gasteiger partial charge in [-0.2, -0.15) is 0 Å². The molecule has 64 valence electrons. The summed E-state index contributed by atoms with van der Waals surface area (Å²) in [6.07, 6.45) is 0.919. The molecule has 0 radical (unpaired) electrons. The fourth-order valence-electron chi connectivity index (χ4n) is 0.858. The van der Waals surface area contributed by atoms with Crippen LogP contribution in [0.25, 0.3) is 0 Å². The van der Waals surface area contributed by atoms with E-state index >= 15 is 0 Å². The lowest BCUT2D eigenvalue weighted by Crippen LogP contribution is -1.99. The van der Waals surface area contributed by atoms with Gasteiger partial charge in [-0.15, -0.1) is 0 Å². The minimum absolute atomic E-state index is 0.496. The molecule has 1 aromatic carbocycles. The molecule has 0 spiro atoms.